The molecule has 0 amide bonds. The molecular formula is C13H13N3O3. The molecule has 2 rings (SSSR count). The van der Waals surface area contributed by atoms with Crippen molar-refractivity contribution in [2.24, 2.45) is 10.9 Å². The van der Waals surface area contributed by atoms with Crippen LogP contribution in [0.25, 0.3) is 0 Å². The van der Waals surface area contributed by atoms with E-state index < -0.39 is 0 Å². The number of ether oxygens (including phenoxy) is 2. The van der Waals surface area contributed by atoms with Gasteiger partial charge in [0.1, 0.15) is 0 Å². The molecule has 1 aromatic carbocycles. The van der Waals surface area contributed by atoms with Gasteiger partial charge in [-0.15, -0.1) is 0 Å². The molecule has 0 bridgehead atoms. The second-order valence-electron chi connectivity index (χ2n) is 3.61. The largest absolute Gasteiger partial charge is 0.493 e. The van der Waals surface area contributed by atoms with Gasteiger partial charge in [0.25, 0.3) is 0 Å². The van der Waals surface area contributed by atoms with Gasteiger partial charge in [-0.1, -0.05) is 17.3 Å². The first kappa shape index (κ1) is 12.7. The number of nitrogens with zero attached hydrogens (tertiary/aromatic N) is 2. The topological polar surface area (TPSA) is 90.0 Å². The van der Waals surface area contributed by atoms with Gasteiger partial charge in [-0.3, -0.25) is 4.98 Å². The summed E-state index contributed by atoms with van der Waals surface area (Å²) >= 11 is 0. The summed E-state index contributed by atoms with van der Waals surface area (Å²) in [5.41, 5.74) is 6.03. The van der Waals surface area contributed by atoms with Crippen LogP contribution < -0.4 is 15.2 Å². The Morgan fingerprint density at radius 3 is 2.63 bits per heavy atom. The summed E-state index contributed by atoms with van der Waals surface area (Å²) in [4.78, 5) is 3.96. The molecule has 6 heteroatoms. The quantitative estimate of drug-likeness (QED) is 0.379. The van der Waals surface area contributed by atoms with Crippen molar-refractivity contribution in [3.8, 4) is 17.2 Å². The van der Waals surface area contributed by atoms with E-state index >= 15 is 0 Å². The number of benzene rings is 1. The maximum Gasteiger partial charge on any atom is 0.173 e. The third-order valence-electron chi connectivity index (χ3n) is 2.46. The minimum absolute atomic E-state index is 0.0488. The number of nitrogens with two attached hydrogens (primary N) is 1. The number of amidine groups is 1. The Morgan fingerprint density at radius 1 is 1.21 bits per heavy atom. The van der Waals surface area contributed by atoms with Gasteiger partial charge in [-0.05, 0) is 18.2 Å². The van der Waals surface area contributed by atoms with Crippen LogP contribution in [0.3, 0.4) is 0 Å². The average molecular weight is 259 g/mol. The summed E-state index contributed by atoms with van der Waals surface area (Å²) in [5.74, 6) is 1.43. The molecule has 19 heavy (non-hydrogen) atoms. The van der Waals surface area contributed by atoms with E-state index in [0.717, 1.165) is 0 Å². The molecule has 0 aliphatic carbocycles. The highest BCUT2D eigenvalue weighted by atomic mass is 16.5. The van der Waals surface area contributed by atoms with Crippen LogP contribution in [-0.4, -0.2) is 23.1 Å². The molecular weight excluding hydrogens is 246 g/mol. The predicted octanol–water partition coefficient (Wildman–Crippen LogP) is 1.98. The predicted molar refractivity (Wildman–Crippen MR) is 69.8 cm³/mol. The molecule has 0 aliphatic heterocycles. The summed E-state index contributed by atoms with van der Waals surface area (Å²) < 4.78 is 10.9. The van der Waals surface area contributed by atoms with Gasteiger partial charge in [-0.25, -0.2) is 0 Å². The zero-order chi connectivity index (χ0) is 13.7. The maximum atomic E-state index is 8.74. The normalized spacial score (nSPS) is 11.1. The van der Waals surface area contributed by atoms with Crippen molar-refractivity contribution >= 4 is 5.84 Å². The first-order valence-corrected chi connectivity index (χ1v) is 5.49. The first-order valence-electron chi connectivity index (χ1n) is 5.49. The molecule has 1 heterocycles. The minimum Gasteiger partial charge on any atom is -0.493 e. The molecule has 0 aliphatic rings. The van der Waals surface area contributed by atoms with Gasteiger partial charge < -0.3 is 20.4 Å². The number of pyridine rings is 1. The maximum absolute atomic E-state index is 8.74. The number of rotatable bonds is 4. The smallest absolute Gasteiger partial charge is 0.173 e. The van der Waals surface area contributed by atoms with Gasteiger partial charge in [0.2, 0.25) is 0 Å². The van der Waals surface area contributed by atoms with Gasteiger partial charge in [0, 0.05) is 6.20 Å². The summed E-state index contributed by atoms with van der Waals surface area (Å²) in [7, 11) is 1.55. The highest BCUT2D eigenvalue weighted by Crippen LogP contribution is 2.32. The first-order chi connectivity index (χ1) is 9.26. The molecule has 0 saturated heterocycles. The van der Waals surface area contributed by atoms with Crippen molar-refractivity contribution in [2.45, 2.75) is 0 Å². The summed E-state index contributed by atoms with van der Waals surface area (Å²) in [5, 5.41) is 11.7. The van der Waals surface area contributed by atoms with E-state index in [1.165, 1.54) is 12.4 Å². The van der Waals surface area contributed by atoms with E-state index in [1.807, 2.05) is 12.1 Å². The Kier molecular flexibility index (Phi) is 3.82. The average Bonchev–Trinajstić information content (AvgIpc) is 2.47. The third-order valence-corrected chi connectivity index (χ3v) is 2.46. The second kappa shape index (κ2) is 5.72. The number of para-hydroxylation sites is 2. The fraction of sp³-hybridized carbons (Fsp3) is 0.0769. The van der Waals surface area contributed by atoms with Crippen molar-refractivity contribution < 1.29 is 14.7 Å². The van der Waals surface area contributed by atoms with E-state index in [9.17, 15) is 0 Å². The van der Waals surface area contributed by atoms with Crippen molar-refractivity contribution in [2.75, 3.05) is 7.11 Å². The Balaban J connectivity index is 2.39. The van der Waals surface area contributed by atoms with Crippen LogP contribution in [0.4, 0.5) is 0 Å². The van der Waals surface area contributed by atoms with E-state index in [1.54, 1.807) is 25.3 Å². The van der Waals surface area contributed by atoms with Crippen LogP contribution in [-0.2, 0) is 0 Å². The number of hydrogen-bond acceptors (Lipinski definition) is 5. The molecule has 0 saturated carbocycles. The molecule has 0 unspecified atom stereocenters. The van der Waals surface area contributed by atoms with Crippen LogP contribution >= 0.6 is 0 Å². The standard InChI is InChI=1S/C13H13N3O3/c1-18-10-4-2-3-5-11(10)19-12-8-15-7-6-9(12)13(14)16-17/h2-8,17H,1H3,(H2,14,16). The lowest BCUT2D eigenvalue weighted by atomic mass is 10.2. The van der Waals surface area contributed by atoms with Gasteiger partial charge >= 0.3 is 0 Å². The Hall–Kier alpha value is -2.76. The summed E-state index contributed by atoms with van der Waals surface area (Å²) in [6.07, 6.45) is 3.02. The number of hydrogen-bond donors (Lipinski definition) is 2. The van der Waals surface area contributed by atoms with Gasteiger partial charge in [0.05, 0.1) is 18.9 Å². The van der Waals surface area contributed by atoms with Crippen LogP contribution in [0.2, 0.25) is 0 Å². The molecule has 6 nitrogen and oxygen atoms in total. The van der Waals surface area contributed by atoms with Crippen LogP contribution in [0.1, 0.15) is 5.56 Å². The number of oxime groups is 1. The molecule has 3 N–H and O–H groups in total. The Bertz CT molecular complexity index is 599. The third kappa shape index (κ3) is 2.74. The molecule has 0 fully saturated rings. The fourth-order valence-electron chi connectivity index (χ4n) is 1.55. The fourth-order valence-corrected chi connectivity index (χ4v) is 1.55. The monoisotopic (exact) mass is 259 g/mol. The number of methoxy groups -OCH3 is 1. The van der Waals surface area contributed by atoms with E-state index in [-0.39, 0.29) is 5.84 Å². The number of aromatic nitrogens is 1. The lowest BCUT2D eigenvalue weighted by molar-refractivity contribution is 0.318. The minimum atomic E-state index is -0.0488. The summed E-state index contributed by atoms with van der Waals surface area (Å²) in [6, 6.07) is 8.77. The van der Waals surface area contributed by atoms with Crippen LogP contribution in [0.5, 0.6) is 17.2 Å². The SMILES string of the molecule is COc1ccccc1Oc1cnccc1/C(N)=N/O. The molecule has 2 aromatic rings. The summed E-state index contributed by atoms with van der Waals surface area (Å²) in [6.45, 7) is 0. The Morgan fingerprint density at radius 2 is 1.95 bits per heavy atom. The van der Waals surface area contributed by atoms with Crippen LogP contribution in [0.15, 0.2) is 47.9 Å². The zero-order valence-corrected chi connectivity index (χ0v) is 10.3. The van der Waals surface area contributed by atoms with Crippen molar-refractivity contribution in [3.05, 3.63) is 48.3 Å². The van der Waals surface area contributed by atoms with Crippen molar-refractivity contribution in [1.29, 1.82) is 0 Å². The Labute approximate surface area is 110 Å². The zero-order valence-electron chi connectivity index (χ0n) is 10.3. The van der Waals surface area contributed by atoms with Crippen molar-refractivity contribution in [1.82, 2.24) is 4.98 Å². The van der Waals surface area contributed by atoms with E-state index in [4.69, 9.17) is 20.4 Å². The molecule has 1 aromatic heterocycles. The van der Waals surface area contributed by atoms with Crippen molar-refractivity contribution in [3.63, 3.8) is 0 Å². The lowest BCUT2D eigenvalue weighted by Gasteiger charge is -2.12. The van der Waals surface area contributed by atoms with E-state index in [2.05, 4.69) is 10.1 Å². The highest BCUT2D eigenvalue weighted by Gasteiger charge is 2.11. The second-order valence-corrected chi connectivity index (χ2v) is 3.61. The van der Waals surface area contributed by atoms with E-state index in [0.29, 0.717) is 22.8 Å². The molecule has 0 spiro atoms. The van der Waals surface area contributed by atoms with Gasteiger partial charge in [-0.2, -0.15) is 0 Å². The molecule has 98 valence electrons. The van der Waals surface area contributed by atoms with Crippen LogP contribution in [0, 0.1) is 0 Å². The molecule has 0 radical (unpaired) electrons. The lowest BCUT2D eigenvalue weighted by Crippen LogP contribution is -2.14. The highest BCUT2D eigenvalue weighted by molar-refractivity contribution is 5.99. The van der Waals surface area contributed by atoms with Gasteiger partial charge in [0.15, 0.2) is 23.1 Å². The molecule has 0 atom stereocenters.